The van der Waals surface area contributed by atoms with Gasteiger partial charge in [0.2, 0.25) is 0 Å². The minimum absolute atomic E-state index is 0.876. The second-order valence-electron chi connectivity index (χ2n) is 3.82. The SMILES string of the molecule is Cc1ccc(SCc2ccccc2)c(N)c1. The average molecular weight is 229 g/mol. The van der Waals surface area contributed by atoms with Gasteiger partial charge in [-0.2, -0.15) is 0 Å². The summed E-state index contributed by atoms with van der Waals surface area (Å²) in [7, 11) is 0. The molecule has 2 aromatic carbocycles. The minimum atomic E-state index is 0.876. The molecule has 0 unspecified atom stereocenters. The summed E-state index contributed by atoms with van der Waals surface area (Å²) in [6.07, 6.45) is 0. The Hall–Kier alpha value is -1.41. The molecule has 0 saturated heterocycles. The highest BCUT2D eigenvalue weighted by molar-refractivity contribution is 7.98. The first-order valence-corrected chi connectivity index (χ1v) is 6.27. The minimum Gasteiger partial charge on any atom is -0.398 e. The molecule has 0 spiro atoms. The Morgan fingerprint density at radius 3 is 2.50 bits per heavy atom. The zero-order chi connectivity index (χ0) is 11.4. The van der Waals surface area contributed by atoms with Gasteiger partial charge in [-0.05, 0) is 30.2 Å². The molecule has 0 bridgehead atoms. The van der Waals surface area contributed by atoms with Gasteiger partial charge in [0.25, 0.3) is 0 Å². The number of anilines is 1. The lowest BCUT2D eigenvalue weighted by molar-refractivity contribution is 1.35. The van der Waals surface area contributed by atoms with Crippen LogP contribution in [0.1, 0.15) is 11.1 Å². The van der Waals surface area contributed by atoms with Crippen LogP contribution in [0.5, 0.6) is 0 Å². The maximum Gasteiger partial charge on any atom is 0.0454 e. The summed E-state index contributed by atoms with van der Waals surface area (Å²) >= 11 is 1.78. The number of rotatable bonds is 3. The van der Waals surface area contributed by atoms with E-state index in [2.05, 4.69) is 43.3 Å². The lowest BCUT2D eigenvalue weighted by atomic mass is 10.2. The number of hydrogen-bond acceptors (Lipinski definition) is 2. The second kappa shape index (κ2) is 5.08. The summed E-state index contributed by atoms with van der Waals surface area (Å²) in [5, 5.41) is 0. The summed E-state index contributed by atoms with van der Waals surface area (Å²) in [4.78, 5) is 1.16. The Bertz CT molecular complexity index is 465. The maximum absolute atomic E-state index is 5.96. The smallest absolute Gasteiger partial charge is 0.0454 e. The highest BCUT2D eigenvalue weighted by Gasteiger charge is 2.00. The monoisotopic (exact) mass is 229 g/mol. The van der Waals surface area contributed by atoms with Gasteiger partial charge in [0.15, 0.2) is 0 Å². The molecule has 0 radical (unpaired) electrons. The van der Waals surface area contributed by atoms with Crippen LogP contribution in [0.2, 0.25) is 0 Å². The molecular weight excluding hydrogens is 214 g/mol. The summed E-state index contributed by atoms with van der Waals surface area (Å²) in [6.45, 7) is 2.06. The van der Waals surface area contributed by atoms with Crippen LogP contribution in [-0.2, 0) is 5.75 Å². The summed E-state index contributed by atoms with van der Waals surface area (Å²) in [5.74, 6) is 0.966. The molecular formula is C14H15NS. The molecule has 0 aliphatic rings. The number of benzene rings is 2. The van der Waals surface area contributed by atoms with E-state index in [1.807, 2.05) is 12.1 Å². The quantitative estimate of drug-likeness (QED) is 0.638. The van der Waals surface area contributed by atoms with Gasteiger partial charge in [-0.25, -0.2) is 0 Å². The fourth-order valence-electron chi connectivity index (χ4n) is 1.53. The van der Waals surface area contributed by atoms with Gasteiger partial charge >= 0.3 is 0 Å². The summed E-state index contributed by atoms with van der Waals surface area (Å²) < 4.78 is 0. The van der Waals surface area contributed by atoms with E-state index < -0.39 is 0 Å². The molecule has 16 heavy (non-hydrogen) atoms. The van der Waals surface area contributed by atoms with Crippen molar-refractivity contribution in [2.45, 2.75) is 17.6 Å². The van der Waals surface area contributed by atoms with Crippen LogP contribution in [-0.4, -0.2) is 0 Å². The third-order valence-corrected chi connectivity index (χ3v) is 3.56. The molecule has 82 valence electrons. The molecule has 2 N–H and O–H groups in total. The van der Waals surface area contributed by atoms with Crippen molar-refractivity contribution in [3.8, 4) is 0 Å². The van der Waals surface area contributed by atoms with E-state index in [1.165, 1.54) is 11.1 Å². The molecule has 0 heterocycles. The first kappa shape index (κ1) is 11.1. The first-order valence-electron chi connectivity index (χ1n) is 5.28. The van der Waals surface area contributed by atoms with E-state index in [0.717, 1.165) is 16.3 Å². The van der Waals surface area contributed by atoms with Gasteiger partial charge in [-0.15, -0.1) is 11.8 Å². The third kappa shape index (κ3) is 2.80. The van der Waals surface area contributed by atoms with Crippen molar-refractivity contribution < 1.29 is 0 Å². The molecule has 0 aromatic heterocycles. The molecule has 0 aliphatic heterocycles. The predicted molar refractivity (Wildman–Crippen MR) is 71.6 cm³/mol. The van der Waals surface area contributed by atoms with Crippen molar-refractivity contribution in [1.82, 2.24) is 0 Å². The number of nitrogens with two attached hydrogens (primary N) is 1. The Morgan fingerprint density at radius 1 is 1.06 bits per heavy atom. The topological polar surface area (TPSA) is 26.0 Å². The van der Waals surface area contributed by atoms with Crippen LogP contribution in [0, 0.1) is 6.92 Å². The zero-order valence-corrected chi connectivity index (χ0v) is 10.1. The van der Waals surface area contributed by atoms with Crippen LogP contribution < -0.4 is 5.73 Å². The zero-order valence-electron chi connectivity index (χ0n) is 9.31. The summed E-state index contributed by atoms with van der Waals surface area (Å²) in [6, 6.07) is 16.7. The molecule has 0 saturated carbocycles. The number of aryl methyl sites for hydroxylation is 1. The lowest BCUT2D eigenvalue weighted by Gasteiger charge is -2.06. The predicted octanol–water partition coefficient (Wildman–Crippen LogP) is 3.87. The third-order valence-electron chi connectivity index (χ3n) is 2.40. The average Bonchev–Trinajstić information content (AvgIpc) is 2.29. The van der Waals surface area contributed by atoms with Crippen LogP contribution in [0.25, 0.3) is 0 Å². The van der Waals surface area contributed by atoms with Crippen LogP contribution >= 0.6 is 11.8 Å². The first-order chi connectivity index (χ1) is 7.75. The second-order valence-corrected chi connectivity index (χ2v) is 4.83. The highest BCUT2D eigenvalue weighted by Crippen LogP contribution is 2.28. The fraction of sp³-hybridized carbons (Fsp3) is 0.143. The van der Waals surface area contributed by atoms with E-state index >= 15 is 0 Å². The Balaban J connectivity index is 2.05. The Morgan fingerprint density at radius 2 is 1.81 bits per heavy atom. The van der Waals surface area contributed by atoms with Gasteiger partial charge in [0, 0.05) is 16.3 Å². The molecule has 2 heteroatoms. The van der Waals surface area contributed by atoms with E-state index in [4.69, 9.17) is 5.73 Å². The van der Waals surface area contributed by atoms with Crippen molar-refractivity contribution in [2.75, 3.05) is 5.73 Å². The van der Waals surface area contributed by atoms with Crippen molar-refractivity contribution in [1.29, 1.82) is 0 Å². The Labute approximate surface area is 101 Å². The molecule has 0 aliphatic carbocycles. The van der Waals surface area contributed by atoms with Gasteiger partial charge < -0.3 is 5.73 Å². The fourth-order valence-corrected chi connectivity index (χ4v) is 2.44. The van der Waals surface area contributed by atoms with E-state index in [0.29, 0.717) is 0 Å². The van der Waals surface area contributed by atoms with Crippen molar-refractivity contribution in [2.24, 2.45) is 0 Å². The molecule has 0 fully saturated rings. The van der Waals surface area contributed by atoms with Gasteiger partial charge in [0.05, 0.1) is 0 Å². The molecule has 0 atom stereocenters. The van der Waals surface area contributed by atoms with Gasteiger partial charge in [-0.1, -0.05) is 36.4 Å². The van der Waals surface area contributed by atoms with Gasteiger partial charge in [0.1, 0.15) is 0 Å². The van der Waals surface area contributed by atoms with Crippen LogP contribution in [0.3, 0.4) is 0 Å². The molecule has 0 amide bonds. The van der Waals surface area contributed by atoms with Gasteiger partial charge in [-0.3, -0.25) is 0 Å². The number of thioether (sulfide) groups is 1. The normalized spacial score (nSPS) is 10.3. The standard InChI is InChI=1S/C14H15NS/c1-11-7-8-14(13(15)9-11)16-10-12-5-3-2-4-6-12/h2-9H,10,15H2,1H3. The largest absolute Gasteiger partial charge is 0.398 e. The van der Waals surface area contributed by atoms with Crippen molar-refractivity contribution >= 4 is 17.4 Å². The molecule has 2 aromatic rings. The van der Waals surface area contributed by atoms with E-state index in [9.17, 15) is 0 Å². The molecule has 1 nitrogen and oxygen atoms in total. The van der Waals surface area contributed by atoms with Crippen molar-refractivity contribution in [3.63, 3.8) is 0 Å². The number of nitrogen functional groups attached to an aromatic ring is 1. The summed E-state index contributed by atoms with van der Waals surface area (Å²) in [5.41, 5.74) is 9.38. The van der Waals surface area contributed by atoms with Crippen LogP contribution in [0.4, 0.5) is 5.69 Å². The number of hydrogen-bond donors (Lipinski definition) is 1. The lowest BCUT2D eigenvalue weighted by Crippen LogP contribution is -1.89. The highest BCUT2D eigenvalue weighted by atomic mass is 32.2. The van der Waals surface area contributed by atoms with Crippen molar-refractivity contribution in [3.05, 3.63) is 59.7 Å². The Kier molecular flexibility index (Phi) is 3.52. The van der Waals surface area contributed by atoms with Crippen LogP contribution in [0.15, 0.2) is 53.4 Å². The van der Waals surface area contributed by atoms with E-state index in [-0.39, 0.29) is 0 Å². The van der Waals surface area contributed by atoms with E-state index in [1.54, 1.807) is 11.8 Å². The maximum atomic E-state index is 5.96. The molecule has 2 rings (SSSR count).